The quantitative estimate of drug-likeness (QED) is 0.579. The van der Waals surface area contributed by atoms with Gasteiger partial charge in [0.05, 0.1) is 11.3 Å². The second-order valence-corrected chi connectivity index (χ2v) is 5.78. The average Bonchev–Trinajstić information content (AvgIpc) is 2.58. The SMILES string of the molecule is Cc1cc(-c2cccc(C(F)(F)F)c2)c(Oc2ccc(Cl)cc2)nn1. The Hall–Kier alpha value is -2.60. The smallest absolute Gasteiger partial charge is 0.416 e. The summed E-state index contributed by atoms with van der Waals surface area (Å²) >= 11 is 5.83. The first-order chi connectivity index (χ1) is 11.8. The van der Waals surface area contributed by atoms with Crippen LogP contribution in [0.3, 0.4) is 0 Å². The molecule has 0 N–H and O–H groups in total. The predicted octanol–water partition coefficient (Wildman–Crippen LogP) is 5.92. The van der Waals surface area contributed by atoms with Crippen LogP contribution in [0.25, 0.3) is 11.1 Å². The summed E-state index contributed by atoms with van der Waals surface area (Å²) in [7, 11) is 0. The molecule has 0 saturated heterocycles. The first-order valence-electron chi connectivity index (χ1n) is 7.28. The van der Waals surface area contributed by atoms with Gasteiger partial charge in [0.2, 0.25) is 5.88 Å². The molecule has 128 valence electrons. The van der Waals surface area contributed by atoms with Crippen molar-refractivity contribution < 1.29 is 17.9 Å². The van der Waals surface area contributed by atoms with Gasteiger partial charge in [-0.1, -0.05) is 23.7 Å². The van der Waals surface area contributed by atoms with Gasteiger partial charge in [0.1, 0.15) is 5.75 Å². The fourth-order valence-electron chi connectivity index (χ4n) is 2.24. The van der Waals surface area contributed by atoms with Crippen molar-refractivity contribution in [3.8, 4) is 22.8 Å². The third-order valence-corrected chi connectivity index (χ3v) is 3.66. The van der Waals surface area contributed by atoms with Crippen LogP contribution in [-0.4, -0.2) is 10.2 Å². The van der Waals surface area contributed by atoms with Crippen LogP contribution in [-0.2, 0) is 6.18 Å². The van der Waals surface area contributed by atoms with E-state index in [0.717, 1.165) is 12.1 Å². The fourth-order valence-corrected chi connectivity index (χ4v) is 2.36. The van der Waals surface area contributed by atoms with Crippen LogP contribution in [0.2, 0.25) is 5.02 Å². The molecule has 0 aliphatic rings. The average molecular weight is 365 g/mol. The van der Waals surface area contributed by atoms with Gasteiger partial charge in [0.25, 0.3) is 0 Å². The number of rotatable bonds is 3. The van der Waals surface area contributed by atoms with E-state index in [1.807, 2.05) is 0 Å². The zero-order valence-electron chi connectivity index (χ0n) is 13.0. The fraction of sp³-hybridized carbons (Fsp3) is 0.111. The Morgan fingerprint density at radius 1 is 0.960 bits per heavy atom. The molecule has 3 nitrogen and oxygen atoms in total. The van der Waals surface area contributed by atoms with Gasteiger partial charge in [-0.25, -0.2) is 0 Å². The van der Waals surface area contributed by atoms with Crippen molar-refractivity contribution in [3.63, 3.8) is 0 Å². The Bertz CT molecular complexity index is 896. The third kappa shape index (κ3) is 4.09. The van der Waals surface area contributed by atoms with Crippen molar-refractivity contribution in [3.05, 3.63) is 70.9 Å². The monoisotopic (exact) mass is 364 g/mol. The first kappa shape index (κ1) is 17.2. The maximum absolute atomic E-state index is 13.0. The van der Waals surface area contributed by atoms with Crippen molar-refractivity contribution >= 4 is 11.6 Å². The van der Waals surface area contributed by atoms with Crippen LogP contribution < -0.4 is 4.74 Å². The molecule has 0 amide bonds. The molecular weight excluding hydrogens is 353 g/mol. The summed E-state index contributed by atoms with van der Waals surface area (Å²) in [5, 5.41) is 8.45. The van der Waals surface area contributed by atoms with E-state index in [4.69, 9.17) is 16.3 Å². The Balaban J connectivity index is 2.04. The highest BCUT2D eigenvalue weighted by Gasteiger charge is 2.30. The topological polar surface area (TPSA) is 35.0 Å². The third-order valence-electron chi connectivity index (χ3n) is 3.41. The van der Waals surface area contributed by atoms with Crippen LogP contribution in [0, 0.1) is 6.92 Å². The normalized spacial score (nSPS) is 11.4. The van der Waals surface area contributed by atoms with Gasteiger partial charge in [0, 0.05) is 10.6 Å². The number of halogens is 4. The molecule has 0 spiro atoms. The minimum absolute atomic E-state index is 0.118. The van der Waals surface area contributed by atoms with Crippen molar-refractivity contribution in [1.82, 2.24) is 10.2 Å². The molecule has 0 atom stereocenters. The van der Waals surface area contributed by atoms with Crippen molar-refractivity contribution in [1.29, 1.82) is 0 Å². The van der Waals surface area contributed by atoms with Gasteiger partial charge in [-0.3, -0.25) is 0 Å². The van der Waals surface area contributed by atoms with Gasteiger partial charge in [0.15, 0.2) is 0 Å². The standard InChI is InChI=1S/C18H12ClF3N2O/c1-11-9-16(12-3-2-4-13(10-12)18(20,21)22)17(24-23-11)25-15-7-5-14(19)6-8-15/h2-10H,1H3. The highest BCUT2D eigenvalue weighted by Crippen LogP contribution is 2.36. The number of aromatic nitrogens is 2. The van der Waals surface area contributed by atoms with E-state index < -0.39 is 11.7 Å². The number of hydrogen-bond acceptors (Lipinski definition) is 3. The zero-order chi connectivity index (χ0) is 18.0. The predicted molar refractivity (Wildman–Crippen MR) is 88.7 cm³/mol. The zero-order valence-corrected chi connectivity index (χ0v) is 13.8. The lowest BCUT2D eigenvalue weighted by atomic mass is 10.0. The summed E-state index contributed by atoms with van der Waals surface area (Å²) in [4.78, 5) is 0. The summed E-state index contributed by atoms with van der Waals surface area (Å²) in [6.45, 7) is 1.70. The lowest BCUT2D eigenvalue weighted by molar-refractivity contribution is -0.137. The molecule has 3 aromatic rings. The van der Waals surface area contributed by atoms with Crippen LogP contribution in [0.5, 0.6) is 11.6 Å². The van der Waals surface area contributed by atoms with Gasteiger partial charge in [-0.05, 0) is 55.0 Å². The first-order valence-corrected chi connectivity index (χ1v) is 7.66. The van der Waals surface area contributed by atoms with E-state index >= 15 is 0 Å². The summed E-state index contributed by atoms with van der Waals surface area (Å²) < 4.78 is 44.6. The summed E-state index contributed by atoms with van der Waals surface area (Å²) in [5.41, 5.74) is 0.595. The number of nitrogens with zero attached hydrogens (tertiary/aromatic N) is 2. The van der Waals surface area contributed by atoms with Gasteiger partial charge in [-0.15, -0.1) is 5.10 Å². The molecule has 1 heterocycles. The van der Waals surface area contributed by atoms with E-state index in [2.05, 4.69) is 10.2 Å². The minimum atomic E-state index is -4.43. The summed E-state index contributed by atoms with van der Waals surface area (Å²) in [6.07, 6.45) is -4.43. The second-order valence-electron chi connectivity index (χ2n) is 5.34. The van der Waals surface area contributed by atoms with E-state index in [9.17, 15) is 13.2 Å². The molecule has 25 heavy (non-hydrogen) atoms. The molecular formula is C18H12ClF3N2O. The Labute approximate surface area is 147 Å². The minimum Gasteiger partial charge on any atom is -0.437 e. The van der Waals surface area contributed by atoms with Crippen LogP contribution in [0.4, 0.5) is 13.2 Å². The molecule has 0 aliphatic carbocycles. The lowest BCUT2D eigenvalue weighted by Gasteiger charge is -2.12. The van der Waals surface area contributed by atoms with Gasteiger partial charge in [-0.2, -0.15) is 18.3 Å². The van der Waals surface area contributed by atoms with Crippen molar-refractivity contribution in [2.45, 2.75) is 13.1 Å². The van der Waals surface area contributed by atoms with Crippen LogP contribution in [0.1, 0.15) is 11.3 Å². The Kier molecular flexibility index (Phi) is 4.63. The van der Waals surface area contributed by atoms with Crippen molar-refractivity contribution in [2.75, 3.05) is 0 Å². The number of ether oxygens (including phenoxy) is 1. The van der Waals surface area contributed by atoms with E-state index in [-0.39, 0.29) is 5.88 Å². The molecule has 2 aromatic carbocycles. The molecule has 0 bridgehead atoms. The largest absolute Gasteiger partial charge is 0.437 e. The molecule has 0 aliphatic heterocycles. The maximum Gasteiger partial charge on any atom is 0.416 e. The van der Waals surface area contributed by atoms with Crippen LogP contribution >= 0.6 is 11.6 Å². The molecule has 0 radical (unpaired) electrons. The molecule has 0 unspecified atom stereocenters. The van der Waals surface area contributed by atoms with E-state index in [1.165, 1.54) is 6.07 Å². The number of alkyl halides is 3. The van der Waals surface area contributed by atoms with Crippen molar-refractivity contribution in [2.24, 2.45) is 0 Å². The Morgan fingerprint density at radius 2 is 1.68 bits per heavy atom. The van der Waals surface area contributed by atoms with E-state index in [1.54, 1.807) is 43.3 Å². The van der Waals surface area contributed by atoms with Crippen LogP contribution in [0.15, 0.2) is 54.6 Å². The lowest BCUT2D eigenvalue weighted by Crippen LogP contribution is -2.05. The highest BCUT2D eigenvalue weighted by atomic mass is 35.5. The molecule has 1 aromatic heterocycles. The van der Waals surface area contributed by atoms with E-state index in [0.29, 0.717) is 27.6 Å². The number of benzene rings is 2. The van der Waals surface area contributed by atoms with Gasteiger partial charge < -0.3 is 4.74 Å². The number of aryl methyl sites for hydroxylation is 1. The number of hydrogen-bond donors (Lipinski definition) is 0. The molecule has 3 rings (SSSR count). The molecule has 7 heteroatoms. The second kappa shape index (κ2) is 6.72. The maximum atomic E-state index is 13.0. The summed E-state index contributed by atoms with van der Waals surface area (Å²) in [6, 6.07) is 13.2. The summed E-state index contributed by atoms with van der Waals surface area (Å²) in [5.74, 6) is 0.572. The molecule has 0 fully saturated rings. The highest BCUT2D eigenvalue weighted by molar-refractivity contribution is 6.30. The van der Waals surface area contributed by atoms with Gasteiger partial charge >= 0.3 is 6.18 Å². The molecule has 0 saturated carbocycles. The Morgan fingerprint density at radius 3 is 2.36 bits per heavy atom.